The number of nitrogens with zero attached hydrogens (tertiary/aromatic N) is 1. The summed E-state index contributed by atoms with van der Waals surface area (Å²) in [5, 5.41) is 0.541. The van der Waals surface area contributed by atoms with Crippen LogP contribution in [0.3, 0.4) is 0 Å². The van der Waals surface area contributed by atoms with Crippen LogP contribution in [0.4, 0.5) is 0 Å². The second kappa shape index (κ2) is 4.91. The van der Waals surface area contributed by atoms with Crippen LogP contribution in [0.2, 0.25) is 0 Å². The minimum Gasteiger partial charge on any atom is -0.372 e. The SMILES string of the molecule is CC(C)(C)O[C@@H]1C[C@H]1C(=O)ON1C(=O)c2ccccc2C1=O. The highest BCUT2D eigenvalue weighted by Crippen LogP contribution is 2.38. The molecule has 1 aromatic rings. The van der Waals surface area contributed by atoms with E-state index in [4.69, 9.17) is 9.57 Å². The van der Waals surface area contributed by atoms with Gasteiger partial charge in [-0.3, -0.25) is 9.59 Å². The number of amides is 2. The normalized spacial score (nSPS) is 23.5. The summed E-state index contributed by atoms with van der Waals surface area (Å²) < 4.78 is 5.67. The fourth-order valence-corrected chi connectivity index (χ4v) is 2.41. The molecule has 1 aliphatic carbocycles. The molecule has 6 heteroatoms. The number of hydrogen-bond donors (Lipinski definition) is 0. The Bertz CT molecular complexity index is 626. The molecule has 0 aromatic heterocycles. The molecule has 116 valence electrons. The first kappa shape index (κ1) is 14.7. The lowest BCUT2D eigenvalue weighted by Gasteiger charge is -2.19. The molecule has 0 bridgehead atoms. The molecule has 2 atom stereocenters. The van der Waals surface area contributed by atoms with Gasteiger partial charge in [0.25, 0.3) is 11.8 Å². The van der Waals surface area contributed by atoms with E-state index in [1.165, 1.54) is 12.1 Å². The molecule has 22 heavy (non-hydrogen) atoms. The maximum Gasteiger partial charge on any atom is 0.338 e. The van der Waals surface area contributed by atoms with Crippen molar-refractivity contribution in [2.75, 3.05) is 0 Å². The molecule has 2 amide bonds. The topological polar surface area (TPSA) is 72.9 Å². The van der Waals surface area contributed by atoms with Gasteiger partial charge in [0.2, 0.25) is 0 Å². The van der Waals surface area contributed by atoms with Gasteiger partial charge in [-0.15, -0.1) is 0 Å². The maximum atomic E-state index is 12.1. The molecule has 0 saturated heterocycles. The molecule has 0 spiro atoms. The van der Waals surface area contributed by atoms with E-state index in [2.05, 4.69) is 0 Å². The maximum absolute atomic E-state index is 12.1. The summed E-state index contributed by atoms with van der Waals surface area (Å²) in [5.41, 5.74) is 0.145. The van der Waals surface area contributed by atoms with Crippen molar-refractivity contribution >= 4 is 17.8 Å². The first-order chi connectivity index (χ1) is 10.3. The Morgan fingerprint density at radius 1 is 1.14 bits per heavy atom. The van der Waals surface area contributed by atoms with Crippen LogP contribution in [0, 0.1) is 5.92 Å². The fraction of sp³-hybridized carbons (Fsp3) is 0.438. The van der Waals surface area contributed by atoms with Gasteiger partial charge in [-0.05, 0) is 39.3 Å². The number of benzene rings is 1. The predicted molar refractivity (Wildman–Crippen MR) is 75.8 cm³/mol. The van der Waals surface area contributed by atoms with E-state index >= 15 is 0 Å². The van der Waals surface area contributed by atoms with E-state index in [9.17, 15) is 14.4 Å². The molecular formula is C16H17NO5. The number of rotatable bonds is 3. The first-order valence-electron chi connectivity index (χ1n) is 7.15. The molecule has 1 fully saturated rings. The van der Waals surface area contributed by atoms with Gasteiger partial charge in [0.05, 0.1) is 28.7 Å². The van der Waals surface area contributed by atoms with Gasteiger partial charge in [0.15, 0.2) is 0 Å². The molecule has 1 heterocycles. The predicted octanol–water partition coefficient (Wildman–Crippen LogP) is 1.94. The van der Waals surface area contributed by atoms with Crippen molar-refractivity contribution in [2.24, 2.45) is 5.92 Å². The third-order valence-electron chi connectivity index (χ3n) is 3.48. The minimum absolute atomic E-state index is 0.220. The Labute approximate surface area is 127 Å². The highest BCUT2D eigenvalue weighted by Gasteiger charge is 2.50. The molecule has 1 aliphatic heterocycles. The van der Waals surface area contributed by atoms with Crippen molar-refractivity contribution in [3.05, 3.63) is 35.4 Å². The van der Waals surface area contributed by atoms with E-state index < -0.39 is 23.7 Å². The van der Waals surface area contributed by atoms with Gasteiger partial charge in [-0.25, -0.2) is 4.79 Å². The van der Waals surface area contributed by atoms with Crippen LogP contribution in [0.25, 0.3) is 0 Å². The van der Waals surface area contributed by atoms with E-state index in [0.29, 0.717) is 11.5 Å². The van der Waals surface area contributed by atoms with Crippen LogP contribution in [0.15, 0.2) is 24.3 Å². The molecule has 0 N–H and O–H groups in total. The van der Waals surface area contributed by atoms with Crippen molar-refractivity contribution in [3.8, 4) is 0 Å². The summed E-state index contributed by atoms with van der Waals surface area (Å²) in [4.78, 5) is 41.2. The Balaban J connectivity index is 1.65. The Morgan fingerprint density at radius 2 is 1.68 bits per heavy atom. The van der Waals surface area contributed by atoms with Gasteiger partial charge in [0.1, 0.15) is 0 Å². The lowest BCUT2D eigenvalue weighted by Crippen LogP contribution is -2.34. The Hall–Kier alpha value is -2.21. The molecule has 6 nitrogen and oxygen atoms in total. The Kier molecular flexibility index (Phi) is 3.29. The molecular weight excluding hydrogens is 286 g/mol. The summed E-state index contributed by atoms with van der Waals surface area (Å²) in [6.45, 7) is 5.70. The van der Waals surface area contributed by atoms with Gasteiger partial charge in [-0.2, -0.15) is 0 Å². The summed E-state index contributed by atoms with van der Waals surface area (Å²) in [7, 11) is 0. The van der Waals surface area contributed by atoms with Gasteiger partial charge < -0.3 is 9.57 Å². The molecule has 2 aliphatic rings. The van der Waals surface area contributed by atoms with Crippen LogP contribution in [-0.2, 0) is 14.4 Å². The number of ether oxygens (including phenoxy) is 1. The van der Waals surface area contributed by atoms with Crippen LogP contribution < -0.4 is 0 Å². The summed E-state index contributed by atoms with van der Waals surface area (Å²) in [5.74, 6) is -2.25. The van der Waals surface area contributed by atoms with Crippen LogP contribution in [0.1, 0.15) is 47.9 Å². The number of hydroxylamine groups is 2. The molecule has 1 aromatic carbocycles. The third-order valence-corrected chi connectivity index (χ3v) is 3.48. The number of fused-ring (bicyclic) bond motifs is 1. The van der Waals surface area contributed by atoms with Crippen molar-refractivity contribution in [2.45, 2.75) is 38.9 Å². The van der Waals surface area contributed by atoms with Crippen molar-refractivity contribution in [1.82, 2.24) is 5.06 Å². The minimum atomic E-state index is -0.608. The standard InChI is InChI=1S/C16H17NO5/c1-16(2,3)21-12-8-11(12)15(20)22-17-13(18)9-6-4-5-7-10(9)14(17)19/h4-7,11-12H,8H2,1-3H3/t11-,12-/m1/s1. The van der Waals surface area contributed by atoms with Crippen LogP contribution in [-0.4, -0.2) is 34.6 Å². The second-order valence-corrected chi connectivity index (χ2v) is 6.47. The van der Waals surface area contributed by atoms with Gasteiger partial charge in [0, 0.05) is 0 Å². The average Bonchev–Trinajstić information content (AvgIpc) is 3.15. The number of carbonyl (C=O) groups excluding carboxylic acids is 3. The molecule has 0 unspecified atom stereocenters. The zero-order valence-electron chi connectivity index (χ0n) is 12.7. The van der Waals surface area contributed by atoms with Crippen molar-refractivity contribution < 1.29 is 24.0 Å². The van der Waals surface area contributed by atoms with Crippen LogP contribution in [0.5, 0.6) is 0 Å². The van der Waals surface area contributed by atoms with E-state index in [1.54, 1.807) is 12.1 Å². The van der Waals surface area contributed by atoms with E-state index in [-0.39, 0.29) is 22.8 Å². The lowest BCUT2D eigenvalue weighted by molar-refractivity contribution is -0.172. The summed E-state index contributed by atoms with van der Waals surface area (Å²) >= 11 is 0. The number of hydrogen-bond acceptors (Lipinski definition) is 5. The lowest BCUT2D eigenvalue weighted by atomic mass is 10.1. The largest absolute Gasteiger partial charge is 0.372 e. The number of carbonyl (C=O) groups is 3. The van der Waals surface area contributed by atoms with E-state index in [0.717, 1.165) is 0 Å². The zero-order chi connectivity index (χ0) is 16.1. The van der Waals surface area contributed by atoms with Crippen molar-refractivity contribution in [1.29, 1.82) is 0 Å². The van der Waals surface area contributed by atoms with Gasteiger partial charge >= 0.3 is 5.97 Å². The van der Waals surface area contributed by atoms with Crippen LogP contribution >= 0.6 is 0 Å². The van der Waals surface area contributed by atoms with E-state index in [1.807, 2.05) is 20.8 Å². The summed E-state index contributed by atoms with van der Waals surface area (Å²) in [6.07, 6.45) is 0.321. The third kappa shape index (κ3) is 2.62. The smallest absolute Gasteiger partial charge is 0.338 e. The average molecular weight is 303 g/mol. The molecule has 1 saturated carbocycles. The monoisotopic (exact) mass is 303 g/mol. The molecule has 0 radical (unpaired) electrons. The Morgan fingerprint density at radius 3 is 2.18 bits per heavy atom. The highest BCUT2D eigenvalue weighted by molar-refractivity contribution is 6.20. The number of imide groups is 1. The first-order valence-corrected chi connectivity index (χ1v) is 7.15. The highest BCUT2D eigenvalue weighted by atomic mass is 16.7. The quantitative estimate of drug-likeness (QED) is 0.798. The zero-order valence-corrected chi connectivity index (χ0v) is 12.7. The second-order valence-electron chi connectivity index (χ2n) is 6.47. The molecule has 3 rings (SSSR count). The summed E-state index contributed by atoms with van der Waals surface area (Å²) in [6, 6.07) is 6.38. The fourth-order valence-electron chi connectivity index (χ4n) is 2.41. The van der Waals surface area contributed by atoms with Gasteiger partial charge in [-0.1, -0.05) is 17.2 Å². The van der Waals surface area contributed by atoms with Crippen molar-refractivity contribution in [3.63, 3.8) is 0 Å².